The fourth-order valence-corrected chi connectivity index (χ4v) is 2.59. The van der Waals surface area contributed by atoms with Crippen molar-refractivity contribution in [2.45, 2.75) is 0 Å². The number of primary amides is 1. The fourth-order valence-electron chi connectivity index (χ4n) is 2.59. The summed E-state index contributed by atoms with van der Waals surface area (Å²) in [7, 11) is 0. The molecule has 4 N–H and O–H groups in total. The molecule has 0 saturated heterocycles. The monoisotopic (exact) mass is 363 g/mol. The third-order valence-corrected chi connectivity index (χ3v) is 3.81. The fraction of sp³-hybridized carbons (Fsp3) is 0. The molecule has 0 saturated carbocycles. The van der Waals surface area contributed by atoms with Gasteiger partial charge in [0.1, 0.15) is 17.2 Å². The molecule has 0 aromatic carbocycles. The highest BCUT2D eigenvalue weighted by Gasteiger charge is 2.15. The first kappa shape index (κ1) is 16.3. The molecule has 4 heterocycles. The summed E-state index contributed by atoms with van der Waals surface area (Å²) >= 11 is 0. The Balaban J connectivity index is 1.78. The minimum atomic E-state index is -0.747. The number of nitrogens with one attached hydrogen (secondary N) is 1. The van der Waals surface area contributed by atoms with E-state index < -0.39 is 5.91 Å². The van der Waals surface area contributed by atoms with Gasteiger partial charge in [-0.05, 0) is 24.3 Å². The number of amides is 1. The SMILES string of the molecule is NC(=O)c1cnc2c(O)cc(Nc3cccn(-c4ccccn4)c3=O)nn12. The number of pyridine rings is 2. The third kappa shape index (κ3) is 2.84. The number of hydrogen-bond acceptors (Lipinski definition) is 7. The van der Waals surface area contributed by atoms with Crippen LogP contribution >= 0.6 is 0 Å². The summed E-state index contributed by atoms with van der Waals surface area (Å²) in [6.07, 6.45) is 4.38. The van der Waals surface area contributed by atoms with E-state index in [0.717, 1.165) is 4.52 Å². The highest BCUT2D eigenvalue weighted by molar-refractivity contribution is 5.92. The Hall–Kier alpha value is -4.21. The Morgan fingerprint density at radius 3 is 2.78 bits per heavy atom. The zero-order valence-corrected chi connectivity index (χ0v) is 13.8. The van der Waals surface area contributed by atoms with Crippen LogP contribution in [0.3, 0.4) is 0 Å². The van der Waals surface area contributed by atoms with Crippen LogP contribution < -0.4 is 16.6 Å². The molecule has 134 valence electrons. The van der Waals surface area contributed by atoms with E-state index in [0.29, 0.717) is 5.82 Å². The highest BCUT2D eigenvalue weighted by atomic mass is 16.3. The van der Waals surface area contributed by atoms with Crippen molar-refractivity contribution in [2.24, 2.45) is 5.73 Å². The first-order chi connectivity index (χ1) is 13.0. The van der Waals surface area contributed by atoms with Crippen molar-refractivity contribution in [1.82, 2.24) is 24.1 Å². The normalized spacial score (nSPS) is 10.8. The van der Waals surface area contributed by atoms with Crippen molar-refractivity contribution in [3.05, 3.63) is 71.0 Å². The molecular weight excluding hydrogens is 350 g/mol. The van der Waals surface area contributed by atoms with Crippen LogP contribution in [-0.2, 0) is 0 Å². The lowest BCUT2D eigenvalue weighted by Gasteiger charge is -2.10. The first-order valence-electron chi connectivity index (χ1n) is 7.82. The van der Waals surface area contributed by atoms with Gasteiger partial charge in [-0.25, -0.2) is 14.5 Å². The molecule has 0 bridgehead atoms. The van der Waals surface area contributed by atoms with E-state index in [9.17, 15) is 14.7 Å². The topological polar surface area (TPSA) is 140 Å². The van der Waals surface area contributed by atoms with Crippen LogP contribution in [0, 0.1) is 0 Å². The van der Waals surface area contributed by atoms with E-state index in [1.807, 2.05) is 0 Å². The summed E-state index contributed by atoms with van der Waals surface area (Å²) in [5.74, 6) is -0.371. The molecule has 0 unspecified atom stereocenters. The largest absolute Gasteiger partial charge is 0.504 e. The maximum Gasteiger partial charge on any atom is 0.279 e. The molecule has 10 heteroatoms. The second-order valence-electron chi connectivity index (χ2n) is 5.57. The zero-order chi connectivity index (χ0) is 19.0. The van der Waals surface area contributed by atoms with E-state index in [-0.39, 0.29) is 34.2 Å². The van der Waals surface area contributed by atoms with Gasteiger partial charge in [-0.2, -0.15) is 0 Å². The summed E-state index contributed by atoms with van der Waals surface area (Å²) in [6.45, 7) is 0. The van der Waals surface area contributed by atoms with Crippen molar-refractivity contribution in [1.29, 1.82) is 0 Å². The Bertz CT molecular complexity index is 1210. The van der Waals surface area contributed by atoms with Gasteiger partial charge >= 0.3 is 0 Å². The molecule has 0 atom stereocenters. The van der Waals surface area contributed by atoms with E-state index in [1.54, 1.807) is 42.7 Å². The van der Waals surface area contributed by atoms with Crippen molar-refractivity contribution in [3.63, 3.8) is 0 Å². The van der Waals surface area contributed by atoms with Crippen molar-refractivity contribution in [3.8, 4) is 11.6 Å². The number of nitrogens with two attached hydrogens (primary N) is 1. The van der Waals surface area contributed by atoms with Gasteiger partial charge in [0, 0.05) is 18.5 Å². The molecule has 10 nitrogen and oxygen atoms in total. The van der Waals surface area contributed by atoms with E-state index in [4.69, 9.17) is 5.73 Å². The summed E-state index contributed by atoms with van der Waals surface area (Å²) in [6, 6.07) is 9.75. The molecule has 0 aliphatic heterocycles. The van der Waals surface area contributed by atoms with E-state index in [2.05, 4.69) is 20.4 Å². The molecule has 0 aliphatic carbocycles. The molecule has 4 rings (SSSR count). The van der Waals surface area contributed by atoms with Crippen LogP contribution in [-0.4, -0.2) is 35.2 Å². The number of aromatic hydroxyl groups is 1. The predicted octanol–water partition coefficient (Wildman–Crippen LogP) is 0.823. The van der Waals surface area contributed by atoms with E-state index >= 15 is 0 Å². The van der Waals surface area contributed by atoms with Gasteiger partial charge in [0.25, 0.3) is 11.5 Å². The van der Waals surface area contributed by atoms with E-state index in [1.165, 1.54) is 16.8 Å². The maximum atomic E-state index is 12.7. The van der Waals surface area contributed by atoms with Crippen LogP contribution in [0.25, 0.3) is 11.5 Å². The second kappa shape index (κ2) is 6.26. The lowest BCUT2D eigenvalue weighted by Crippen LogP contribution is -2.21. The standard InChI is InChI=1S/C17H13N7O3/c18-15(26)11-9-20-16-12(25)8-13(22-24(11)16)21-10-4-3-7-23(17(10)27)14-5-1-2-6-19-14/h1-9,25H,(H2,18,26)(H,21,22). The Kier molecular flexibility index (Phi) is 3.77. The van der Waals surface area contributed by atoms with Crippen molar-refractivity contribution in [2.75, 3.05) is 5.32 Å². The molecule has 4 aromatic heterocycles. The number of anilines is 2. The molecule has 27 heavy (non-hydrogen) atoms. The number of fused-ring (bicyclic) bond motifs is 1. The number of carbonyl (C=O) groups is 1. The minimum Gasteiger partial charge on any atom is -0.504 e. The van der Waals surface area contributed by atoms with Gasteiger partial charge in [-0.15, -0.1) is 5.10 Å². The average molecular weight is 363 g/mol. The second-order valence-corrected chi connectivity index (χ2v) is 5.57. The number of rotatable bonds is 4. The lowest BCUT2D eigenvalue weighted by molar-refractivity contribution is 0.0993. The van der Waals surface area contributed by atoms with Gasteiger partial charge in [0.2, 0.25) is 0 Å². The summed E-state index contributed by atoms with van der Waals surface area (Å²) in [5, 5.41) is 17.1. The van der Waals surface area contributed by atoms with Gasteiger partial charge < -0.3 is 16.2 Å². The Morgan fingerprint density at radius 2 is 2.04 bits per heavy atom. The van der Waals surface area contributed by atoms with Crippen LogP contribution in [0.15, 0.2) is 59.8 Å². The van der Waals surface area contributed by atoms with Crippen molar-refractivity contribution >= 4 is 23.1 Å². The van der Waals surface area contributed by atoms with Gasteiger partial charge in [0.05, 0.1) is 6.20 Å². The van der Waals surface area contributed by atoms with Crippen LogP contribution in [0.5, 0.6) is 5.75 Å². The van der Waals surface area contributed by atoms with Crippen LogP contribution in [0.4, 0.5) is 11.5 Å². The molecule has 0 aliphatic rings. The molecule has 1 amide bonds. The molecule has 0 fully saturated rings. The number of imidazole rings is 1. The number of aromatic nitrogens is 5. The molecule has 4 aromatic rings. The predicted molar refractivity (Wildman–Crippen MR) is 96.3 cm³/mol. The lowest BCUT2D eigenvalue weighted by atomic mass is 10.3. The van der Waals surface area contributed by atoms with Crippen LogP contribution in [0.2, 0.25) is 0 Å². The maximum absolute atomic E-state index is 12.7. The average Bonchev–Trinajstić information content (AvgIpc) is 3.09. The van der Waals surface area contributed by atoms with Crippen molar-refractivity contribution < 1.29 is 9.90 Å². The summed E-state index contributed by atoms with van der Waals surface area (Å²) in [5.41, 5.74) is 5.20. The van der Waals surface area contributed by atoms with Crippen LogP contribution in [0.1, 0.15) is 10.5 Å². The number of carbonyl (C=O) groups excluding carboxylic acids is 1. The van der Waals surface area contributed by atoms with Gasteiger partial charge in [0.15, 0.2) is 17.2 Å². The highest BCUT2D eigenvalue weighted by Crippen LogP contribution is 2.22. The molecule has 0 radical (unpaired) electrons. The number of hydrogen-bond donors (Lipinski definition) is 3. The summed E-state index contributed by atoms with van der Waals surface area (Å²) in [4.78, 5) is 32.3. The minimum absolute atomic E-state index is 0.00269. The van der Waals surface area contributed by atoms with Gasteiger partial charge in [-0.3, -0.25) is 14.2 Å². The smallest absolute Gasteiger partial charge is 0.279 e. The third-order valence-electron chi connectivity index (χ3n) is 3.81. The van der Waals surface area contributed by atoms with Gasteiger partial charge in [-0.1, -0.05) is 6.07 Å². The quantitative estimate of drug-likeness (QED) is 0.487. The zero-order valence-electron chi connectivity index (χ0n) is 13.8. The molecule has 0 spiro atoms. The Morgan fingerprint density at radius 1 is 1.19 bits per heavy atom. The first-order valence-corrected chi connectivity index (χ1v) is 7.82. The summed E-state index contributed by atoms with van der Waals surface area (Å²) < 4.78 is 2.48. The number of nitrogens with zero attached hydrogens (tertiary/aromatic N) is 5. The Labute approximate surface area is 151 Å². The molecular formula is C17H13N7O3.